The molecule has 0 spiro atoms. The number of carbonyl (C=O) groups is 1. The van der Waals surface area contributed by atoms with E-state index in [4.69, 9.17) is 0 Å². The van der Waals surface area contributed by atoms with E-state index in [1.54, 1.807) is 10.7 Å². The van der Waals surface area contributed by atoms with Crippen LogP contribution in [0.3, 0.4) is 0 Å². The Balaban J connectivity index is 1.67. The fraction of sp³-hybridized carbons (Fsp3) is 0.304. The molecule has 0 radical (unpaired) electrons. The van der Waals surface area contributed by atoms with E-state index in [0.29, 0.717) is 12.1 Å². The van der Waals surface area contributed by atoms with Gasteiger partial charge in [0, 0.05) is 5.69 Å². The van der Waals surface area contributed by atoms with E-state index >= 15 is 0 Å². The fourth-order valence-electron chi connectivity index (χ4n) is 3.71. The van der Waals surface area contributed by atoms with Gasteiger partial charge in [0.2, 0.25) is 0 Å². The molecule has 0 bridgehead atoms. The maximum Gasteiger partial charge on any atom is 0.276 e. The molecular formula is C23H25N3O3S. The van der Waals surface area contributed by atoms with Crippen molar-refractivity contribution in [3.8, 4) is 11.3 Å². The third-order valence-corrected chi connectivity index (χ3v) is 7.24. The number of carbonyl (C=O) groups excluding carboxylic acids is 1. The van der Waals surface area contributed by atoms with Gasteiger partial charge in [0.15, 0.2) is 15.5 Å². The molecule has 3 aromatic rings. The molecule has 1 fully saturated rings. The Morgan fingerprint density at radius 3 is 2.43 bits per heavy atom. The highest BCUT2D eigenvalue weighted by molar-refractivity contribution is 7.91. The van der Waals surface area contributed by atoms with Crippen LogP contribution in [0.1, 0.15) is 41.0 Å². The first kappa shape index (κ1) is 20.3. The highest BCUT2D eigenvalue weighted by Gasteiger charge is 2.32. The third kappa shape index (κ3) is 4.31. The second kappa shape index (κ2) is 8.07. The summed E-state index contributed by atoms with van der Waals surface area (Å²) in [4.78, 5) is 12.9. The Morgan fingerprint density at radius 1 is 1.13 bits per heavy atom. The van der Waals surface area contributed by atoms with Crippen molar-refractivity contribution in [2.45, 2.75) is 32.7 Å². The number of hydrogen-bond acceptors (Lipinski definition) is 4. The molecule has 1 saturated heterocycles. The van der Waals surface area contributed by atoms with Gasteiger partial charge in [-0.2, -0.15) is 5.10 Å². The summed E-state index contributed by atoms with van der Waals surface area (Å²) in [6.07, 6.45) is 1.44. The topological polar surface area (TPSA) is 81.1 Å². The fourth-order valence-corrected chi connectivity index (χ4v) is 5.40. The molecule has 2 heterocycles. The smallest absolute Gasteiger partial charge is 0.276 e. The summed E-state index contributed by atoms with van der Waals surface area (Å²) in [7, 11) is -3.08. The molecule has 1 N–H and O–H groups in total. The molecule has 1 aromatic heterocycles. The number of amides is 1. The van der Waals surface area contributed by atoms with Crippen molar-refractivity contribution in [1.82, 2.24) is 9.78 Å². The molecule has 1 aliphatic rings. The number of benzene rings is 2. The number of aryl methyl sites for hydroxylation is 2. The molecule has 6 nitrogen and oxygen atoms in total. The number of nitrogens with zero attached hydrogens (tertiary/aromatic N) is 2. The first-order chi connectivity index (χ1) is 14.3. The van der Waals surface area contributed by atoms with Gasteiger partial charge in [-0.3, -0.25) is 9.48 Å². The van der Waals surface area contributed by atoms with Crippen LogP contribution in [-0.4, -0.2) is 35.6 Å². The van der Waals surface area contributed by atoms with Crippen LogP contribution < -0.4 is 5.32 Å². The van der Waals surface area contributed by atoms with Gasteiger partial charge in [-0.15, -0.1) is 0 Å². The molecule has 2 aromatic carbocycles. The van der Waals surface area contributed by atoms with Gasteiger partial charge in [0.25, 0.3) is 5.91 Å². The van der Waals surface area contributed by atoms with Gasteiger partial charge < -0.3 is 5.32 Å². The average molecular weight is 424 g/mol. The molecule has 156 valence electrons. The Morgan fingerprint density at radius 2 is 1.83 bits per heavy atom. The molecule has 0 saturated carbocycles. The molecule has 1 unspecified atom stereocenters. The quantitative estimate of drug-likeness (QED) is 0.672. The Bertz CT molecular complexity index is 1160. The van der Waals surface area contributed by atoms with Crippen molar-refractivity contribution in [3.63, 3.8) is 0 Å². The lowest BCUT2D eigenvalue weighted by Crippen LogP contribution is -2.16. The lowest BCUT2D eigenvalue weighted by atomic mass is 10.1. The van der Waals surface area contributed by atoms with Gasteiger partial charge >= 0.3 is 0 Å². The zero-order chi connectivity index (χ0) is 21.3. The minimum absolute atomic E-state index is 0.0487. The van der Waals surface area contributed by atoms with E-state index in [1.807, 2.05) is 55.5 Å². The van der Waals surface area contributed by atoms with Crippen LogP contribution in [0.25, 0.3) is 11.3 Å². The molecule has 0 aliphatic carbocycles. The van der Waals surface area contributed by atoms with Gasteiger partial charge in [0.1, 0.15) is 0 Å². The monoisotopic (exact) mass is 423 g/mol. The van der Waals surface area contributed by atoms with Crippen molar-refractivity contribution < 1.29 is 13.2 Å². The highest BCUT2D eigenvalue weighted by atomic mass is 32.2. The summed E-state index contributed by atoms with van der Waals surface area (Å²) < 4.78 is 25.8. The summed E-state index contributed by atoms with van der Waals surface area (Å²) in [6.45, 7) is 4.09. The summed E-state index contributed by atoms with van der Waals surface area (Å²) in [5, 5.41) is 7.41. The third-order valence-electron chi connectivity index (χ3n) is 5.49. The van der Waals surface area contributed by atoms with Gasteiger partial charge in [-0.05, 0) is 49.1 Å². The predicted octanol–water partition coefficient (Wildman–Crippen LogP) is 4.03. The zero-order valence-electron chi connectivity index (χ0n) is 17.1. The maximum absolute atomic E-state index is 12.9. The second-order valence-corrected chi connectivity index (χ2v) is 10.0. The van der Waals surface area contributed by atoms with Gasteiger partial charge in [-0.25, -0.2) is 8.42 Å². The number of hydrogen-bond donors (Lipinski definition) is 1. The minimum Gasteiger partial charge on any atom is -0.321 e. The summed E-state index contributed by atoms with van der Waals surface area (Å²) in [6, 6.07) is 17.1. The molecule has 7 heteroatoms. The SMILES string of the molecule is CCc1ccc(NC(=O)c2cc(-c3ccc(C)cc3)n(C3CCS(=O)(=O)C3)n2)cc1. The van der Waals surface area contributed by atoms with Crippen LogP contribution in [-0.2, 0) is 16.3 Å². The number of anilines is 1. The molecule has 1 aliphatic heterocycles. The number of rotatable bonds is 5. The van der Waals surface area contributed by atoms with Crippen LogP contribution in [0.2, 0.25) is 0 Å². The van der Waals surface area contributed by atoms with E-state index in [1.165, 1.54) is 5.56 Å². The summed E-state index contributed by atoms with van der Waals surface area (Å²) in [5.74, 6) is -0.115. The average Bonchev–Trinajstić information content (AvgIpc) is 3.32. The van der Waals surface area contributed by atoms with Crippen molar-refractivity contribution in [1.29, 1.82) is 0 Å². The van der Waals surface area contributed by atoms with Crippen LogP contribution in [0.15, 0.2) is 54.6 Å². The molecule has 1 atom stereocenters. The minimum atomic E-state index is -3.08. The van der Waals surface area contributed by atoms with Crippen LogP contribution in [0.4, 0.5) is 5.69 Å². The first-order valence-corrected chi connectivity index (χ1v) is 11.9. The molecular weight excluding hydrogens is 398 g/mol. The Kier molecular flexibility index (Phi) is 5.47. The van der Waals surface area contributed by atoms with Crippen molar-refractivity contribution in [2.24, 2.45) is 0 Å². The number of aromatic nitrogens is 2. The zero-order valence-corrected chi connectivity index (χ0v) is 17.9. The molecule has 1 amide bonds. The van der Waals surface area contributed by atoms with Gasteiger partial charge in [0.05, 0.1) is 23.2 Å². The van der Waals surface area contributed by atoms with E-state index < -0.39 is 9.84 Å². The van der Waals surface area contributed by atoms with E-state index in [2.05, 4.69) is 17.3 Å². The summed E-state index contributed by atoms with van der Waals surface area (Å²) >= 11 is 0. The number of sulfone groups is 1. The second-order valence-electron chi connectivity index (χ2n) is 7.79. The standard InChI is InChI=1S/C23H25N3O3S/c1-3-17-6-10-19(11-7-17)24-23(27)21-14-22(18-8-4-16(2)5-9-18)26(25-21)20-12-13-30(28,29)15-20/h4-11,14,20H,3,12-13,15H2,1-2H3,(H,24,27). The first-order valence-electron chi connectivity index (χ1n) is 10.1. The normalized spacial score (nSPS) is 17.7. The highest BCUT2D eigenvalue weighted by Crippen LogP contribution is 2.30. The maximum atomic E-state index is 12.9. The lowest BCUT2D eigenvalue weighted by Gasteiger charge is -2.13. The molecule has 30 heavy (non-hydrogen) atoms. The Labute approximate surface area is 176 Å². The van der Waals surface area contributed by atoms with Crippen LogP contribution >= 0.6 is 0 Å². The summed E-state index contributed by atoms with van der Waals surface area (Å²) in [5.41, 5.74) is 4.96. The van der Waals surface area contributed by atoms with Gasteiger partial charge in [-0.1, -0.05) is 48.9 Å². The van der Waals surface area contributed by atoms with Crippen molar-refractivity contribution in [3.05, 3.63) is 71.4 Å². The van der Waals surface area contributed by atoms with Crippen LogP contribution in [0.5, 0.6) is 0 Å². The van der Waals surface area contributed by atoms with E-state index in [-0.39, 0.29) is 29.1 Å². The van der Waals surface area contributed by atoms with Crippen molar-refractivity contribution in [2.75, 3.05) is 16.8 Å². The van der Waals surface area contributed by atoms with E-state index in [9.17, 15) is 13.2 Å². The lowest BCUT2D eigenvalue weighted by molar-refractivity contribution is 0.102. The number of nitrogens with one attached hydrogen (secondary N) is 1. The predicted molar refractivity (Wildman–Crippen MR) is 118 cm³/mol. The Hall–Kier alpha value is -2.93. The van der Waals surface area contributed by atoms with Crippen molar-refractivity contribution >= 4 is 21.4 Å². The van der Waals surface area contributed by atoms with E-state index in [0.717, 1.165) is 23.2 Å². The molecule has 4 rings (SSSR count). The largest absolute Gasteiger partial charge is 0.321 e. The van der Waals surface area contributed by atoms with Crippen LogP contribution in [0, 0.1) is 6.92 Å².